The zero-order valence-corrected chi connectivity index (χ0v) is 18.3. The van der Waals surface area contributed by atoms with Crippen molar-refractivity contribution >= 4 is 28.6 Å². The molecule has 1 atom stereocenters. The molecule has 0 saturated carbocycles. The summed E-state index contributed by atoms with van der Waals surface area (Å²) in [4.78, 5) is 14.7. The van der Waals surface area contributed by atoms with Gasteiger partial charge in [-0.25, -0.2) is 0 Å². The number of carbonyl (C=O) groups is 1. The van der Waals surface area contributed by atoms with Gasteiger partial charge in [0, 0.05) is 48.3 Å². The van der Waals surface area contributed by atoms with Crippen molar-refractivity contribution in [3.05, 3.63) is 30.5 Å². The van der Waals surface area contributed by atoms with Crippen molar-refractivity contribution in [1.29, 1.82) is 0 Å². The summed E-state index contributed by atoms with van der Waals surface area (Å²) < 4.78 is 4.37. The quantitative estimate of drug-likeness (QED) is 0.563. The second-order valence-corrected chi connectivity index (χ2v) is 8.56. The third-order valence-corrected chi connectivity index (χ3v) is 6.80. The third kappa shape index (κ3) is 3.80. The number of aryl methyl sites for hydroxylation is 1. The van der Waals surface area contributed by atoms with Crippen molar-refractivity contribution in [2.24, 2.45) is 0 Å². The van der Waals surface area contributed by atoms with Gasteiger partial charge in [0.05, 0.1) is 5.75 Å². The lowest BCUT2D eigenvalue weighted by Gasteiger charge is -2.33. The summed E-state index contributed by atoms with van der Waals surface area (Å²) in [7, 11) is 0. The van der Waals surface area contributed by atoms with Crippen molar-refractivity contribution in [2.75, 3.05) is 12.3 Å². The molecule has 1 fully saturated rings. The number of rotatable bonds is 6. The summed E-state index contributed by atoms with van der Waals surface area (Å²) >= 11 is 1.50. The van der Waals surface area contributed by atoms with E-state index in [-0.39, 0.29) is 5.91 Å². The Bertz CT molecular complexity index is 1010. The Balaban J connectivity index is 1.58. The largest absolute Gasteiger partial charge is 0.347 e. The molecule has 3 aromatic rings. The molecule has 1 unspecified atom stereocenters. The van der Waals surface area contributed by atoms with Gasteiger partial charge in [0.2, 0.25) is 5.91 Å². The number of aromatic nitrogens is 4. The average Bonchev–Trinajstić information content (AvgIpc) is 3.32. The van der Waals surface area contributed by atoms with Crippen LogP contribution in [0.15, 0.2) is 35.6 Å². The van der Waals surface area contributed by atoms with Crippen LogP contribution in [-0.4, -0.2) is 48.5 Å². The van der Waals surface area contributed by atoms with Crippen LogP contribution in [-0.2, 0) is 17.9 Å². The molecule has 6 nitrogen and oxygen atoms in total. The van der Waals surface area contributed by atoms with Crippen LogP contribution in [0.3, 0.4) is 0 Å². The minimum Gasteiger partial charge on any atom is -0.347 e. The Labute approximate surface area is 176 Å². The van der Waals surface area contributed by atoms with Gasteiger partial charge in [0.25, 0.3) is 0 Å². The van der Waals surface area contributed by atoms with Gasteiger partial charge in [-0.05, 0) is 46.1 Å². The fourth-order valence-corrected chi connectivity index (χ4v) is 5.13. The molecule has 7 heteroatoms. The van der Waals surface area contributed by atoms with E-state index in [9.17, 15) is 4.79 Å². The maximum atomic E-state index is 12.7. The molecule has 2 aromatic heterocycles. The molecule has 0 aliphatic carbocycles. The first-order valence-corrected chi connectivity index (χ1v) is 11.6. The number of thioether (sulfide) groups is 1. The van der Waals surface area contributed by atoms with Crippen molar-refractivity contribution in [3.63, 3.8) is 0 Å². The molecular weight excluding hydrogens is 382 g/mol. The number of carbonyl (C=O) groups excluding carboxylic acids is 1. The minimum atomic E-state index is 0.206. The third-order valence-electron chi connectivity index (χ3n) is 5.85. The predicted molar refractivity (Wildman–Crippen MR) is 118 cm³/mol. The molecule has 29 heavy (non-hydrogen) atoms. The van der Waals surface area contributed by atoms with Crippen LogP contribution in [0.25, 0.3) is 22.3 Å². The van der Waals surface area contributed by atoms with Gasteiger partial charge in [-0.1, -0.05) is 30.0 Å². The van der Waals surface area contributed by atoms with E-state index in [0.717, 1.165) is 49.0 Å². The summed E-state index contributed by atoms with van der Waals surface area (Å²) in [6.45, 7) is 8.95. The summed E-state index contributed by atoms with van der Waals surface area (Å²) in [5.74, 6) is 1.49. The van der Waals surface area contributed by atoms with E-state index < -0.39 is 0 Å². The normalized spacial score (nSPS) is 17.2. The molecule has 0 N–H and O–H groups in total. The summed E-state index contributed by atoms with van der Waals surface area (Å²) in [5.41, 5.74) is 2.30. The smallest absolute Gasteiger partial charge is 0.233 e. The van der Waals surface area contributed by atoms with Crippen LogP contribution in [0.1, 0.15) is 40.0 Å². The zero-order chi connectivity index (χ0) is 20.4. The number of likely N-dealkylation sites (tertiary alicyclic amines) is 1. The predicted octanol–water partition coefficient (Wildman–Crippen LogP) is 4.43. The van der Waals surface area contributed by atoms with Gasteiger partial charge in [-0.15, -0.1) is 10.2 Å². The standard InChI is InChI=1S/C22H29N5OS/c1-4-25-14-18(17-11-6-7-12-19(17)25)21-23-24-22(26(21)5-2)29-15-20(28)27-13-9-8-10-16(27)3/h6-7,11-12,14,16H,4-5,8-10,13,15H2,1-3H3. The van der Waals surface area contributed by atoms with E-state index in [1.807, 2.05) is 4.90 Å². The van der Waals surface area contributed by atoms with Crippen LogP contribution in [0.4, 0.5) is 0 Å². The lowest BCUT2D eigenvalue weighted by molar-refractivity contribution is -0.131. The van der Waals surface area contributed by atoms with Crippen molar-refractivity contribution in [2.45, 2.75) is 64.3 Å². The van der Waals surface area contributed by atoms with Crippen molar-refractivity contribution in [1.82, 2.24) is 24.2 Å². The lowest BCUT2D eigenvalue weighted by atomic mass is 10.0. The fraction of sp³-hybridized carbons (Fsp3) is 0.500. The monoisotopic (exact) mass is 411 g/mol. The molecule has 1 aliphatic heterocycles. The van der Waals surface area contributed by atoms with Gasteiger partial charge >= 0.3 is 0 Å². The number of para-hydroxylation sites is 1. The topological polar surface area (TPSA) is 56.0 Å². The number of nitrogens with zero attached hydrogens (tertiary/aromatic N) is 5. The van der Waals surface area contributed by atoms with E-state index in [1.54, 1.807) is 0 Å². The van der Waals surface area contributed by atoms with E-state index >= 15 is 0 Å². The molecule has 154 valence electrons. The first-order chi connectivity index (χ1) is 14.1. The first kappa shape index (κ1) is 20.0. The number of hydrogen-bond acceptors (Lipinski definition) is 4. The maximum absolute atomic E-state index is 12.7. The van der Waals surface area contributed by atoms with Gasteiger partial charge in [0.1, 0.15) is 0 Å². The highest BCUT2D eigenvalue weighted by molar-refractivity contribution is 7.99. The molecule has 1 aromatic carbocycles. The number of hydrogen-bond donors (Lipinski definition) is 0. The van der Waals surface area contributed by atoms with Crippen molar-refractivity contribution < 1.29 is 4.79 Å². The summed E-state index contributed by atoms with van der Waals surface area (Å²) in [6, 6.07) is 8.75. The summed E-state index contributed by atoms with van der Waals surface area (Å²) in [5, 5.41) is 11.0. The SMILES string of the molecule is CCn1c(SCC(=O)N2CCCCC2C)nnc1-c1cn(CC)c2ccccc12. The van der Waals surface area contributed by atoms with E-state index in [2.05, 4.69) is 70.6 Å². The zero-order valence-electron chi connectivity index (χ0n) is 17.5. The Morgan fingerprint density at radius 1 is 1.17 bits per heavy atom. The molecule has 1 amide bonds. The Kier molecular flexibility index (Phi) is 5.94. The lowest BCUT2D eigenvalue weighted by Crippen LogP contribution is -2.43. The van der Waals surface area contributed by atoms with Crippen LogP contribution < -0.4 is 0 Å². The average molecular weight is 412 g/mol. The number of benzene rings is 1. The van der Waals surface area contributed by atoms with Crippen LogP contribution >= 0.6 is 11.8 Å². The molecular formula is C22H29N5OS. The van der Waals surface area contributed by atoms with Crippen LogP contribution in [0.5, 0.6) is 0 Å². The van der Waals surface area contributed by atoms with E-state index in [1.165, 1.54) is 29.1 Å². The van der Waals surface area contributed by atoms with E-state index in [4.69, 9.17) is 0 Å². The van der Waals surface area contributed by atoms with Gasteiger partial charge in [-0.3, -0.25) is 4.79 Å². The molecule has 1 saturated heterocycles. The second kappa shape index (κ2) is 8.61. The molecule has 0 bridgehead atoms. The molecule has 1 aliphatic rings. The fourth-order valence-electron chi connectivity index (χ4n) is 4.24. The van der Waals surface area contributed by atoms with Crippen LogP contribution in [0, 0.1) is 0 Å². The second-order valence-electron chi connectivity index (χ2n) is 7.62. The van der Waals surface area contributed by atoms with Crippen LogP contribution in [0.2, 0.25) is 0 Å². The minimum absolute atomic E-state index is 0.206. The molecule has 4 rings (SSSR count). The molecule has 0 spiro atoms. The Morgan fingerprint density at radius 3 is 2.76 bits per heavy atom. The highest BCUT2D eigenvalue weighted by Gasteiger charge is 2.24. The number of fused-ring (bicyclic) bond motifs is 1. The Morgan fingerprint density at radius 2 is 2.00 bits per heavy atom. The van der Waals surface area contributed by atoms with E-state index in [0.29, 0.717) is 11.8 Å². The van der Waals surface area contributed by atoms with Crippen molar-refractivity contribution in [3.8, 4) is 11.4 Å². The van der Waals surface area contributed by atoms with Gasteiger partial charge in [-0.2, -0.15) is 0 Å². The highest BCUT2D eigenvalue weighted by Crippen LogP contribution is 2.32. The molecule has 3 heterocycles. The Hall–Kier alpha value is -2.28. The van der Waals surface area contributed by atoms with Gasteiger partial charge < -0.3 is 14.0 Å². The number of amides is 1. The maximum Gasteiger partial charge on any atom is 0.233 e. The van der Waals surface area contributed by atoms with Gasteiger partial charge in [0.15, 0.2) is 11.0 Å². The summed E-state index contributed by atoms with van der Waals surface area (Å²) in [6.07, 6.45) is 5.59. The molecule has 0 radical (unpaired) electrons. The highest BCUT2D eigenvalue weighted by atomic mass is 32.2. The number of piperidine rings is 1. The first-order valence-electron chi connectivity index (χ1n) is 10.6.